The summed E-state index contributed by atoms with van der Waals surface area (Å²) in [6, 6.07) is 3.51. The molecule has 0 bridgehead atoms. The maximum atomic E-state index is 13.1. The zero-order valence-corrected chi connectivity index (χ0v) is 15.1. The van der Waals surface area contributed by atoms with Crippen LogP contribution in [-0.4, -0.2) is 34.9 Å². The molecule has 1 N–H and O–H groups in total. The van der Waals surface area contributed by atoms with Crippen molar-refractivity contribution in [2.24, 2.45) is 5.10 Å². The molecule has 0 aromatic heterocycles. The third-order valence-corrected chi connectivity index (χ3v) is 5.45. The van der Waals surface area contributed by atoms with Gasteiger partial charge in [-0.05, 0) is 30.3 Å². The van der Waals surface area contributed by atoms with Gasteiger partial charge in [-0.15, -0.1) is 5.10 Å². The van der Waals surface area contributed by atoms with E-state index in [1.54, 1.807) is 13.1 Å². The highest BCUT2D eigenvalue weighted by molar-refractivity contribution is 8.15. The number of nitrogens with one attached hydrogen (secondary N) is 1. The van der Waals surface area contributed by atoms with Crippen LogP contribution in [0.4, 0.5) is 5.69 Å². The van der Waals surface area contributed by atoms with Crippen molar-refractivity contribution in [1.82, 2.24) is 10.3 Å². The fraction of sp³-hybridized carbons (Fsp3) is 0.333. The minimum atomic E-state index is -1.43. The average Bonchev–Trinajstić information content (AvgIpc) is 2.96. The van der Waals surface area contributed by atoms with Gasteiger partial charge in [0, 0.05) is 31.5 Å². The molecule has 3 amide bonds. The summed E-state index contributed by atoms with van der Waals surface area (Å²) in [5.74, 6) is -1.09. The molecule has 1 aromatic carbocycles. The van der Waals surface area contributed by atoms with Crippen molar-refractivity contribution in [3.05, 3.63) is 28.3 Å². The van der Waals surface area contributed by atoms with Gasteiger partial charge in [-0.1, -0.05) is 17.7 Å². The fourth-order valence-corrected chi connectivity index (χ4v) is 4.74. The normalized spacial score (nSPS) is 22.0. The molecule has 2 aliphatic rings. The number of fused-ring (bicyclic) bond motifs is 2. The summed E-state index contributed by atoms with van der Waals surface area (Å²) in [6.45, 7) is 4.52. The van der Waals surface area contributed by atoms with Gasteiger partial charge in [0.2, 0.25) is 16.7 Å². The number of thioether (sulfide) groups is 1. The van der Waals surface area contributed by atoms with Crippen molar-refractivity contribution in [3.8, 4) is 0 Å². The third-order valence-electron chi connectivity index (χ3n) is 3.91. The van der Waals surface area contributed by atoms with Gasteiger partial charge in [0.25, 0.3) is 5.91 Å². The number of benzene rings is 1. The Morgan fingerprint density at radius 1 is 1.33 bits per heavy atom. The topological polar surface area (TPSA) is 82.1 Å². The Balaban J connectivity index is 2.25. The molecule has 9 heteroatoms. The van der Waals surface area contributed by atoms with Gasteiger partial charge in [0.1, 0.15) is 0 Å². The second kappa shape index (κ2) is 5.49. The summed E-state index contributed by atoms with van der Waals surface area (Å²) < 4.78 is 0. The van der Waals surface area contributed by atoms with E-state index in [4.69, 9.17) is 11.6 Å². The quantitative estimate of drug-likeness (QED) is 0.758. The first-order valence-electron chi connectivity index (χ1n) is 7.14. The Morgan fingerprint density at radius 3 is 2.58 bits per heavy atom. The third kappa shape index (κ3) is 2.13. The molecule has 126 valence electrons. The van der Waals surface area contributed by atoms with Gasteiger partial charge in [-0.2, -0.15) is 5.01 Å². The number of hydrogen-bond acceptors (Lipinski definition) is 5. The van der Waals surface area contributed by atoms with Crippen LogP contribution in [0.5, 0.6) is 0 Å². The highest BCUT2D eigenvalue weighted by atomic mass is 35.5. The van der Waals surface area contributed by atoms with E-state index in [1.165, 1.54) is 18.7 Å². The van der Waals surface area contributed by atoms with Crippen LogP contribution in [0.15, 0.2) is 17.2 Å². The van der Waals surface area contributed by atoms with Crippen LogP contribution in [0, 0.1) is 6.92 Å². The molecule has 0 radical (unpaired) electrons. The van der Waals surface area contributed by atoms with Crippen molar-refractivity contribution in [3.63, 3.8) is 0 Å². The first kappa shape index (κ1) is 16.8. The number of amides is 3. The van der Waals surface area contributed by atoms with Crippen LogP contribution in [0.2, 0.25) is 5.02 Å². The van der Waals surface area contributed by atoms with Gasteiger partial charge < -0.3 is 10.2 Å². The first-order chi connectivity index (χ1) is 11.2. The number of nitrogens with zero attached hydrogens (tertiary/aromatic N) is 3. The molecule has 0 fully saturated rings. The average molecular weight is 367 g/mol. The summed E-state index contributed by atoms with van der Waals surface area (Å²) in [5.41, 5.74) is 2.03. The van der Waals surface area contributed by atoms with E-state index in [1.807, 2.05) is 13.0 Å². The van der Waals surface area contributed by atoms with Gasteiger partial charge in [-0.25, -0.2) is 0 Å². The lowest BCUT2D eigenvalue weighted by atomic mass is 10.0. The Bertz CT molecular complexity index is 825. The lowest BCUT2D eigenvalue weighted by Gasteiger charge is -2.29. The molecule has 3 rings (SSSR count). The predicted molar refractivity (Wildman–Crippen MR) is 92.6 cm³/mol. The van der Waals surface area contributed by atoms with Gasteiger partial charge >= 0.3 is 0 Å². The van der Waals surface area contributed by atoms with E-state index in [-0.39, 0.29) is 17.0 Å². The van der Waals surface area contributed by atoms with Crippen LogP contribution in [0.25, 0.3) is 0 Å². The number of halogens is 1. The van der Waals surface area contributed by atoms with Crippen molar-refractivity contribution >= 4 is 51.9 Å². The number of amidine groups is 1. The first-order valence-corrected chi connectivity index (χ1v) is 8.33. The SMILES string of the molecule is CC(=O)NC1=NN(C(C)=O)[C@@]2(S1)C(=O)N(C)c1c(C)ccc(Cl)c12. The molecule has 2 aliphatic heterocycles. The van der Waals surface area contributed by atoms with E-state index in [0.29, 0.717) is 16.3 Å². The molecule has 0 saturated carbocycles. The molecule has 1 aromatic rings. The number of anilines is 1. The monoisotopic (exact) mass is 366 g/mol. The molecule has 7 nitrogen and oxygen atoms in total. The van der Waals surface area contributed by atoms with E-state index < -0.39 is 10.8 Å². The lowest BCUT2D eigenvalue weighted by Crippen LogP contribution is -2.47. The van der Waals surface area contributed by atoms with E-state index >= 15 is 0 Å². The maximum Gasteiger partial charge on any atom is 0.270 e. The van der Waals surface area contributed by atoms with E-state index in [0.717, 1.165) is 22.3 Å². The van der Waals surface area contributed by atoms with E-state index in [2.05, 4.69) is 10.4 Å². The molecule has 0 aliphatic carbocycles. The number of hydrazone groups is 1. The van der Waals surface area contributed by atoms with Gasteiger partial charge in [-0.3, -0.25) is 14.4 Å². The highest BCUT2D eigenvalue weighted by Crippen LogP contribution is 2.56. The zero-order valence-electron chi connectivity index (χ0n) is 13.5. The molecule has 1 spiro atoms. The largest absolute Gasteiger partial charge is 0.312 e. The number of carbonyl (C=O) groups excluding carboxylic acids is 3. The summed E-state index contributed by atoms with van der Waals surface area (Å²) in [5, 5.41) is 8.34. The number of rotatable bonds is 0. The maximum absolute atomic E-state index is 13.1. The molecule has 0 saturated heterocycles. The fourth-order valence-electron chi connectivity index (χ4n) is 3.01. The molecule has 2 heterocycles. The Hall–Kier alpha value is -2.06. The summed E-state index contributed by atoms with van der Waals surface area (Å²) in [4.78, 5) is 36.7. The summed E-state index contributed by atoms with van der Waals surface area (Å²) in [6.07, 6.45) is 0. The zero-order chi connectivity index (χ0) is 17.8. The van der Waals surface area contributed by atoms with Crippen LogP contribution >= 0.6 is 23.4 Å². The standard InChI is InChI=1S/C15H15ClN4O3S/c1-7-5-6-10(16)11-12(7)19(4)13(23)15(11)20(9(3)22)18-14(24-15)17-8(2)21/h5-6H,1-4H3,(H,17,18,21)/t15-/m0/s1. The molecular formula is C15H15ClN4O3S. The molecular weight excluding hydrogens is 352 g/mol. The second-order valence-corrected chi connectivity index (χ2v) is 7.20. The number of aryl methyl sites for hydroxylation is 1. The van der Waals surface area contributed by atoms with Crippen LogP contribution in [-0.2, 0) is 19.3 Å². The smallest absolute Gasteiger partial charge is 0.270 e. The van der Waals surface area contributed by atoms with Crippen LogP contribution in [0.3, 0.4) is 0 Å². The predicted octanol–water partition coefficient (Wildman–Crippen LogP) is 1.78. The number of likely N-dealkylation sites (N-methyl/N-ethyl adjacent to an activating group) is 1. The van der Waals surface area contributed by atoms with Crippen LogP contribution < -0.4 is 10.2 Å². The molecule has 24 heavy (non-hydrogen) atoms. The summed E-state index contributed by atoms with van der Waals surface area (Å²) >= 11 is 7.41. The second-order valence-electron chi connectivity index (χ2n) is 5.62. The van der Waals surface area contributed by atoms with E-state index in [9.17, 15) is 14.4 Å². The Labute approximate surface area is 148 Å². The Kier molecular flexibility index (Phi) is 3.84. The van der Waals surface area contributed by atoms with Crippen molar-refractivity contribution in [1.29, 1.82) is 0 Å². The van der Waals surface area contributed by atoms with Gasteiger partial charge in [0.15, 0.2) is 5.17 Å². The van der Waals surface area contributed by atoms with Crippen molar-refractivity contribution in [2.45, 2.75) is 25.6 Å². The number of hydrogen-bond donors (Lipinski definition) is 1. The minimum Gasteiger partial charge on any atom is -0.312 e. The molecule has 0 unspecified atom stereocenters. The molecule has 1 atom stereocenters. The van der Waals surface area contributed by atoms with Crippen molar-refractivity contribution < 1.29 is 14.4 Å². The minimum absolute atomic E-state index is 0.185. The number of carbonyl (C=O) groups is 3. The lowest BCUT2D eigenvalue weighted by molar-refractivity contribution is -0.139. The summed E-state index contributed by atoms with van der Waals surface area (Å²) in [7, 11) is 1.63. The van der Waals surface area contributed by atoms with Gasteiger partial charge in [0.05, 0.1) is 5.69 Å². The van der Waals surface area contributed by atoms with Crippen molar-refractivity contribution in [2.75, 3.05) is 11.9 Å². The Morgan fingerprint density at radius 2 is 2.00 bits per heavy atom. The van der Waals surface area contributed by atoms with Crippen LogP contribution in [0.1, 0.15) is 25.0 Å². The highest BCUT2D eigenvalue weighted by Gasteiger charge is 2.61.